The van der Waals surface area contributed by atoms with Gasteiger partial charge in [-0.25, -0.2) is 4.99 Å². The van der Waals surface area contributed by atoms with Crippen molar-refractivity contribution in [3.63, 3.8) is 0 Å². The van der Waals surface area contributed by atoms with Gasteiger partial charge in [0.2, 0.25) is 0 Å². The zero-order chi connectivity index (χ0) is 15.2. The predicted octanol–water partition coefficient (Wildman–Crippen LogP) is 3.32. The quantitative estimate of drug-likeness (QED) is 0.333. The fourth-order valence-corrected chi connectivity index (χ4v) is 2.31. The second-order valence-corrected chi connectivity index (χ2v) is 5.30. The molecular formula is C17H24IN3O. The molecule has 0 spiro atoms. The van der Waals surface area contributed by atoms with Crippen molar-refractivity contribution in [2.45, 2.75) is 0 Å². The maximum atomic E-state index is 5.89. The third kappa shape index (κ3) is 4.76. The first-order valence-corrected chi connectivity index (χ1v) is 7.09. The third-order valence-corrected chi connectivity index (χ3v) is 3.15. The highest BCUT2D eigenvalue weighted by Gasteiger charge is 2.04. The van der Waals surface area contributed by atoms with Crippen molar-refractivity contribution in [1.29, 1.82) is 0 Å². The molecule has 0 heterocycles. The maximum Gasteiger partial charge on any atom is 0.195 e. The maximum absolute atomic E-state index is 5.89. The van der Waals surface area contributed by atoms with Crippen LogP contribution < -0.4 is 4.74 Å². The van der Waals surface area contributed by atoms with Crippen LogP contribution in [0.3, 0.4) is 0 Å². The van der Waals surface area contributed by atoms with Crippen molar-refractivity contribution in [2.24, 2.45) is 4.99 Å². The summed E-state index contributed by atoms with van der Waals surface area (Å²) in [6.45, 7) is 1.20. The summed E-state index contributed by atoms with van der Waals surface area (Å²) in [7, 11) is 7.96. The van der Waals surface area contributed by atoms with Crippen molar-refractivity contribution in [3.05, 3.63) is 42.5 Å². The minimum atomic E-state index is 0. The normalized spacial score (nSPS) is 9.82. The lowest BCUT2D eigenvalue weighted by Crippen LogP contribution is -2.35. The Hall–Kier alpha value is -1.50. The highest BCUT2D eigenvalue weighted by Crippen LogP contribution is 2.24. The molecule has 0 unspecified atom stereocenters. The van der Waals surface area contributed by atoms with Crippen molar-refractivity contribution in [1.82, 2.24) is 9.80 Å². The van der Waals surface area contributed by atoms with Crippen molar-refractivity contribution in [3.8, 4) is 5.75 Å². The van der Waals surface area contributed by atoms with Gasteiger partial charge in [0.15, 0.2) is 5.96 Å². The lowest BCUT2D eigenvalue weighted by Gasteiger charge is -2.22. The Bertz CT molecular complexity index is 611. The molecule has 2 aromatic carbocycles. The Labute approximate surface area is 149 Å². The van der Waals surface area contributed by atoms with Crippen molar-refractivity contribution >= 4 is 40.7 Å². The van der Waals surface area contributed by atoms with E-state index in [2.05, 4.69) is 23.2 Å². The van der Waals surface area contributed by atoms with E-state index in [1.54, 1.807) is 0 Å². The SMILES string of the molecule is CN(C)C(=NCCOc1cccc2ccccc12)N(C)C.I. The summed E-state index contributed by atoms with van der Waals surface area (Å²) in [4.78, 5) is 8.56. The average Bonchev–Trinajstić information content (AvgIpc) is 2.46. The van der Waals surface area contributed by atoms with Gasteiger partial charge >= 0.3 is 0 Å². The van der Waals surface area contributed by atoms with Gasteiger partial charge in [-0.3, -0.25) is 0 Å². The van der Waals surface area contributed by atoms with Gasteiger partial charge in [0.1, 0.15) is 12.4 Å². The van der Waals surface area contributed by atoms with E-state index in [9.17, 15) is 0 Å². The number of nitrogens with zero attached hydrogens (tertiary/aromatic N) is 3. The van der Waals surface area contributed by atoms with E-state index in [0.29, 0.717) is 13.2 Å². The molecule has 120 valence electrons. The lowest BCUT2D eigenvalue weighted by molar-refractivity contribution is 0.330. The minimum Gasteiger partial charge on any atom is -0.491 e. The van der Waals surface area contributed by atoms with Crippen LogP contribution in [0.15, 0.2) is 47.5 Å². The van der Waals surface area contributed by atoms with Crippen molar-refractivity contribution in [2.75, 3.05) is 41.3 Å². The molecule has 0 atom stereocenters. The van der Waals surface area contributed by atoms with Crippen LogP contribution in [0.4, 0.5) is 0 Å². The van der Waals surface area contributed by atoms with Gasteiger partial charge in [-0.15, -0.1) is 24.0 Å². The zero-order valence-corrected chi connectivity index (χ0v) is 15.9. The molecule has 4 nitrogen and oxygen atoms in total. The smallest absolute Gasteiger partial charge is 0.195 e. The fraction of sp³-hybridized carbons (Fsp3) is 0.353. The topological polar surface area (TPSA) is 28.1 Å². The number of halogens is 1. The summed E-state index contributed by atoms with van der Waals surface area (Å²) < 4.78 is 5.89. The van der Waals surface area contributed by atoms with Gasteiger partial charge < -0.3 is 14.5 Å². The van der Waals surface area contributed by atoms with Gasteiger partial charge in [0, 0.05) is 33.6 Å². The Morgan fingerprint density at radius 3 is 2.27 bits per heavy atom. The second-order valence-electron chi connectivity index (χ2n) is 5.30. The summed E-state index contributed by atoms with van der Waals surface area (Å²) in [5, 5.41) is 2.34. The second kappa shape index (κ2) is 8.82. The monoisotopic (exact) mass is 413 g/mol. The van der Waals surface area contributed by atoms with Gasteiger partial charge in [-0.1, -0.05) is 36.4 Å². The van der Waals surface area contributed by atoms with Crippen LogP contribution in [-0.4, -0.2) is 57.1 Å². The molecule has 22 heavy (non-hydrogen) atoms. The molecule has 0 fully saturated rings. The number of ether oxygens (including phenoxy) is 1. The molecule has 0 N–H and O–H groups in total. The Kier molecular flexibility index (Phi) is 7.44. The molecule has 0 saturated heterocycles. The first-order chi connectivity index (χ1) is 10.1. The molecule has 0 amide bonds. The molecule has 0 aliphatic carbocycles. The zero-order valence-electron chi connectivity index (χ0n) is 13.6. The Morgan fingerprint density at radius 1 is 0.955 bits per heavy atom. The van der Waals surface area contributed by atoms with Crippen LogP contribution >= 0.6 is 24.0 Å². The van der Waals surface area contributed by atoms with E-state index in [1.807, 2.05) is 62.3 Å². The number of hydrogen-bond donors (Lipinski definition) is 0. The molecule has 0 radical (unpaired) electrons. The summed E-state index contributed by atoms with van der Waals surface area (Å²) in [5.74, 6) is 1.86. The molecular weight excluding hydrogens is 389 g/mol. The molecule has 0 saturated carbocycles. The van der Waals surface area contributed by atoms with E-state index >= 15 is 0 Å². The van der Waals surface area contributed by atoms with Gasteiger partial charge in [-0.2, -0.15) is 0 Å². The van der Waals surface area contributed by atoms with Crippen LogP contribution in [0, 0.1) is 0 Å². The molecule has 2 rings (SSSR count). The van der Waals surface area contributed by atoms with Crippen LogP contribution in [0.5, 0.6) is 5.75 Å². The summed E-state index contributed by atoms with van der Waals surface area (Å²) >= 11 is 0. The minimum absolute atomic E-state index is 0. The van der Waals surface area contributed by atoms with Gasteiger partial charge in [-0.05, 0) is 11.5 Å². The molecule has 0 aliphatic heterocycles. The van der Waals surface area contributed by atoms with Crippen LogP contribution in [0.25, 0.3) is 10.8 Å². The van der Waals surface area contributed by atoms with E-state index in [0.717, 1.165) is 17.1 Å². The van der Waals surface area contributed by atoms with Gasteiger partial charge in [0.05, 0.1) is 6.54 Å². The predicted molar refractivity (Wildman–Crippen MR) is 105 cm³/mol. The number of guanidine groups is 1. The summed E-state index contributed by atoms with van der Waals surface area (Å²) in [6.07, 6.45) is 0. The largest absolute Gasteiger partial charge is 0.491 e. The number of hydrogen-bond acceptors (Lipinski definition) is 2. The number of fused-ring (bicyclic) bond motifs is 1. The molecule has 0 aromatic heterocycles. The standard InChI is InChI=1S/C17H23N3O.HI/c1-19(2)17(20(3)4)18-12-13-21-16-11-7-9-14-8-5-6-10-15(14)16;/h5-11H,12-13H2,1-4H3;1H. The number of benzene rings is 2. The summed E-state index contributed by atoms with van der Waals surface area (Å²) in [6, 6.07) is 14.4. The first kappa shape index (κ1) is 18.5. The fourth-order valence-electron chi connectivity index (χ4n) is 2.31. The van der Waals surface area contributed by atoms with E-state index in [-0.39, 0.29) is 24.0 Å². The van der Waals surface area contributed by atoms with Crippen LogP contribution in [0.1, 0.15) is 0 Å². The third-order valence-electron chi connectivity index (χ3n) is 3.15. The average molecular weight is 413 g/mol. The highest BCUT2D eigenvalue weighted by molar-refractivity contribution is 14.0. The Balaban J connectivity index is 0.00000242. The number of aliphatic imine (C=N–C) groups is 1. The van der Waals surface area contributed by atoms with Gasteiger partial charge in [0.25, 0.3) is 0 Å². The lowest BCUT2D eigenvalue weighted by atomic mass is 10.1. The molecule has 0 bridgehead atoms. The van der Waals surface area contributed by atoms with Crippen LogP contribution in [0.2, 0.25) is 0 Å². The van der Waals surface area contributed by atoms with Crippen LogP contribution in [-0.2, 0) is 0 Å². The first-order valence-electron chi connectivity index (χ1n) is 7.09. The van der Waals surface area contributed by atoms with E-state index in [4.69, 9.17) is 4.74 Å². The molecule has 0 aliphatic rings. The molecule has 5 heteroatoms. The number of rotatable bonds is 4. The van der Waals surface area contributed by atoms with E-state index in [1.165, 1.54) is 5.39 Å². The Morgan fingerprint density at radius 2 is 1.59 bits per heavy atom. The highest BCUT2D eigenvalue weighted by atomic mass is 127. The van der Waals surface area contributed by atoms with E-state index < -0.39 is 0 Å². The van der Waals surface area contributed by atoms with Crippen molar-refractivity contribution < 1.29 is 4.74 Å². The summed E-state index contributed by atoms with van der Waals surface area (Å²) in [5.41, 5.74) is 0. The molecule has 2 aromatic rings.